The summed E-state index contributed by atoms with van der Waals surface area (Å²) in [7, 11) is -0.750. The fraction of sp³-hybridized carbons (Fsp3) is 0.556. The SMILES string of the molecule is O=C(O)/C=C/C(=O)NC1CCS(=O)CC1. The van der Waals surface area contributed by atoms with E-state index in [1.165, 1.54) is 0 Å². The highest BCUT2D eigenvalue weighted by Gasteiger charge is 2.18. The van der Waals surface area contributed by atoms with E-state index >= 15 is 0 Å². The molecule has 0 aromatic rings. The van der Waals surface area contributed by atoms with E-state index in [1.54, 1.807) is 0 Å². The Kier molecular flexibility index (Phi) is 4.48. The number of carboxylic acid groups (broad SMARTS) is 1. The van der Waals surface area contributed by atoms with Gasteiger partial charge in [-0.1, -0.05) is 0 Å². The van der Waals surface area contributed by atoms with E-state index in [1.807, 2.05) is 0 Å². The number of carboxylic acids is 1. The molecule has 0 aliphatic carbocycles. The lowest BCUT2D eigenvalue weighted by atomic mass is 10.1. The monoisotopic (exact) mass is 231 g/mol. The van der Waals surface area contributed by atoms with Crippen molar-refractivity contribution in [3.63, 3.8) is 0 Å². The quantitative estimate of drug-likeness (QED) is 0.651. The number of rotatable bonds is 3. The molecule has 84 valence electrons. The van der Waals surface area contributed by atoms with E-state index < -0.39 is 22.7 Å². The van der Waals surface area contributed by atoms with Crippen LogP contribution in [0.15, 0.2) is 12.2 Å². The Morgan fingerprint density at radius 1 is 1.27 bits per heavy atom. The molecule has 1 amide bonds. The van der Waals surface area contributed by atoms with Gasteiger partial charge in [0.25, 0.3) is 0 Å². The first-order valence-corrected chi connectivity index (χ1v) is 6.13. The van der Waals surface area contributed by atoms with Gasteiger partial charge in [-0.05, 0) is 12.8 Å². The maximum Gasteiger partial charge on any atom is 0.328 e. The van der Waals surface area contributed by atoms with E-state index in [0.717, 1.165) is 12.2 Å². The Morgan fingerprint density at radius 2 is 1.87 bits per heavy atom. The molecule has 5 nitrogen and oxygen atoms in total. The summed E-state index contributed by atoms with van der Waals surface area (Å²) in [6, 6.07) is 0.0219. The van der Waals surface area contributed by atoms with Gasteiger partial charge in [-0.15, -0.1) is 0 Å². The molecule has 6 heteroatoms. The van der Waals surface area contributed by atoms with Crippen molar-refractivity contribution < 1.29 is 18.9 Å². The van der Waals surface area contributed by atoms with Gasteiger partial charge in [0.15, 0.2) is 0 Å². The van der Waals surface area contributed by atoms with Crippen molar-refractivity contribution in [1.82, 2.24) is 5.32 Å². The van der Waals surface area contributed by atoms with Gasteiger partial charge in [0.1, 0.15) is 0 Å². The Labute approximate surface area is 90.0 Å². The summed E-state index contributed by atoms with van der Waals surface area (Å²) in [6.45, 7) is 0. The molecule has 15 heavy (non-hydrogen) atoms. The van der Waals surface area contributed by atoms with Gasteiger partial charge in [0, 0.05) is 40.5 Å². The summed E-state index contributed by atoms with van der Waals surface area (Å²) in [5, 5.41) is 11.0. The van der Waals surface area contributed by atoms with Crippen molar-refractivity contribution in [2.24, 2.45) is 0 Å². The number of amides is 1. The molecule has 2 N–H and O–H groups in total. The standard InChI is InChI=1S/C9H13NO4S/c11-8(1-2-9(12)13)10-7-3-5-15(14)6-4-7/h1-2,7H,3-6H2,(H,10,11)(H,12,13)/b2-1+. The van der Waals surface area contributed by atoms with Gasteiger partial charge >= 0.3 is 5.97 Å². The summed E-state index contributed by atoms with van der Waals surface area (Å²) >= 11 is 0. The third-order valence-electron chi connectivity index (χ3n) is 2.11. The average molecular weight is 231 g/mol. The molecule has 0 saturated carbocycles. The van der Waals surface area contributed by atoms with Crippen molar-refractivity contribution in [2.75, 3.05) is 11.5 Å². The minimum Gasteiger partial charge on any atom is -0.478 e. The molecule has 0 unspecified atom stereocenters. The predicted molar refractivity (Wildman–Crippen MR) is 55.8 cm³/mol. The van der Waals surface area contributed by atoms with Crippen LogP contribution < -0.4 is 5.32 Å². The Balaban J connectivity index is 2.32. The van der Waals surface area contributed by atoms with Crippen molar-refractivity contribution >= 4 is 22.7 Å². The first-order chi connectivity index (χ1) is 7.08. The van der Waals surface area contributed by atoms with Gasteiger partial charge in [0.05, 0.1) is 0 Å². The zero-order chi connectivity index (χ0) is 11.3. The molecular formula is C9H13NO4S. The molecule has 1 heterocycles. The normalized spacial score (nSPS) is 26.4. The highest BCUT2D eigenvalue weighted by Crippen LogP contribution is 2.08. The van der Waals surface area contributed by atoms with Crippen molar-refractivity contribution in [2.45, 2.75) is 18.9 Å². The fourth-order valence-electron chi connectivity index (χ4n) is 1.33. The van der Waals surface area contributed by atoms with Gasteiger partial charge in [-0.25, -0.2) is 4.79 Å². The lowest BCUT2D eigenvalue weighted by Crippen LogP contribution is -2.38. The zero-order valence-corrected chi connectivity index (χ0v) is 8.96. The zero-order valence-electron chi connectivity index (χ0n) is 8.14. The molecule has 0 aromatic heterocycles. The molecule has 0 bridgehead atoms. The number of carbonyl (C=O) groups excluding carboxylic acids is 1. The minimum absolute atomic E-state index is 0.0219. The van der Waals surface area contributed by atoms with E-state index in [-0.39, 0.29) is 6.04 Å². The lowest BCUT2D eigenvalue weighted by Gasteiger charge is -2.21. The Morgan fingerprint density at radius 3 is 2.40 bits per heavy atom. The summed E-state index contributed by atoms with van der Waals surface area (Å²) < 4.78 is 11.0. The number of carbonyl (C=O) groups is 2. The predicted octanol–water partition coefficient (Wildman–Crippen LogP) is -0.346. The lowest BCUT2D eigenvalue weighted by molar-refractivity contribution is -0.131. The van der Waals surface area contributed by atoms with E-state index in [2.05, 4.69) is 5.32 Å². The second kappa shape index (κ2) is 5.65. The first kappa shape index (κ1) is 11.9. The largest absolute Gasteiger partial charge is 0.478 e. The van der Waals surface area contributed by atoms with Crippen LogP contribution in [0.5, 0.6) is 0 Å². The fourth-order valence-corrected chi connectivity index (χ4v) is 2.63. The molecule has 1 saturated heterocycles. The van der Waals surface area contributed by atoms with Crippen LogP contribution in [0, 0.1) is 0 Å². The maximum absolute atomic E-state index is 11.2. The summed E-state index contributed by atoms with van der Waals surface area (Å²) in [5.41, 5.74) is 0. The molecule has 1 aliphatic heterocycles. The van der Waals surface area contributed by atoms with Crippen molar-refractivity contribution in [3.8, 4) is 0 Å². The van der Waals surface area contributed by atoms with E-state index in [9.17, 15) is 13.8 Å². The van der Waals surface area contributed by atoms with Crippen molar-refractivity contribution in [3.05, 3.63) is 12.2 Å². The van der Waals surface area contributed by atoms with Crippen LogP contribution in [0.25, 0.3) is 0 Å². The molecule has 1 aliphatic rings. The molecule has 0 aromatic carbocycles. The summed E-state index contributed by atoms with van der Waals surface area (Å²) in [5.74, 6) is -0.341. The van der Waals surface area contributed by atoms with Crippen LogP contribution in [0.3, 0.4) is 0 Å². The summed E-state index contributed by atoms with van der Waals surface area (Å²) in [6.07, 6.45) is 3.18. The molecule has 1 rings (SSSR count). The third kappa shape index (κ3) is 4.73. The van der Waals surface area contributed by atoms with Gasteiger partial charge in [-0.2, -0.15) is 0 Å². The molecule has 0 radical (unpaired) electrons. The van der Waals surface area contributed by atoms with Gasteiger partial charge < -0.3 is 10.4 Å². The van der Waals surface area contributed by atoms with Gasteiger partial charge in [-0.3, -0.25) is 9.00 Å². The number of nitrogens with one attached hydrogen (secondary N) is 1. The van der Waals surface area contributed by atoms with Gasteiger partial charge in [0.2, 0.25) is 5.91 Å². The van der Waals surface area contributed by atoms with E-state index in [4.69, 9.17) is 5.11 Å². The topological polar surface area (TPSA) is 83.5 Å². The van der Waals surface area contributed by atoms with Crippen LogP contribution in [0.4, 0.5) is 0 Å². The maximum atomic E-state index is 11.2. The smallest absolute Gasteiger partial charge is 0.328 e. The average Bonchev–Trinajstić information content (AvgIpc) is 2.19. The number of hydrogen-bond donors (Lipinski definition) is 2. The molecular weight excluding hydrogens is 218 g/mol. The third-order valence-corrected chi connectivity index (χ3v) is 3.49. The number of aliphatic carboxylic acids is 1. The van der Waals surface area contributed by atoms with Crippen LogP contribution in [-0.4, -0.2) is 38.7 Å². The van der Waals surface area contributed by atoms with Crippen LogP contribution in [0.1, 0.15) is 12.8 Å². The Hall–Kier alpha value is -1.17. The summed E-state index contributed by atoms with van der Waals surface area (Å²) in [4.78, 5) is 21.3. The van der Waals surface area contributed by atoms with Crippen LogP contribution in [-0.2, 0) is 20.4 Å². The number of hydrogen-bond acceptors (Lipinski definition) is 3. The molecule has 0 spiro atoms. The highest BCUT2D eigenvalue weighted by molar-refractivity contribution is 7.85. The molecule has 1 fully saturated rings. The molecule has 0 atom stereocenters. The minimum atomic E-state index is -1.14. The van der Waals surface area contributed by atoms with E-state index in [0.29, 0.717) is 24.3 Å². The van der Waals surface area contributed by atoms with Crippen molar-refractivity contribution in [1.29, 1.82) is 0 Å². The highest BCUT2D eigenvalue weighted by atomic mass is 32.2. The second-order valence-electron chi connectivity index (χ2n) is 3.30. The Bertz CT molecular complexity index is 303. The second-order valence-corrected chi connectivity index (χ2v) is 5.00. The van der Waals surface area contributed by atoms with Crippen LogP contribution >= 0.6 is 0 Å². The first-order valence-electron chi connectivity index (χ1n) is 4.64. The van der Waals surface area contributed by atoms with Crippen LogP contribution in [0.2, 0.25) is 0 Å².